The van der Waals surface area contributed by atoms with E-state index in [9.17, 15) is 19.0 Å². The van der Waals surface area contributed by atoms with Gasteiger partial charge in [-0.2, -0.15) is 9.97 Å². The van der Waals surface area contributed by atoms with Gasteiger partial charge in [0.15, 0.2) is 5.82 Å². The Morgan fingerprint density at radius 3 is 2.68 bits per heavy atom. The summed E-state index contributed by atoms with van der Waals surface area (Å²) in [6.45, 7) is 0.646. The first kappa shape index (κ1) is 28.9. The van der Waals surface area contributed by atoms with Crippen LogP contribution in [0.1, 0.15) is 44.9 Å². The Balaban J connectivity index is 0.000000296. The number of pyridine rings is 2. The van der Waals surface area contributed by atoms with Crippen molar-refractivity contribution >= 4 is 27.5 Å². The van der Waals surface area contributed by atoms with Crippen molar-refractivity contribution in [3.8, 4) is 23.1 Å². The van der Waals surface area contributed by atoms with E-state index in [-0.39, 0.29) is 34.1 Å². The minimum Gasteiger partial charge on any atom is -0.475 e. The first-order valence-corrected chi connectivity index (χ1v) is 15.1. The molecule has 0 saturated carbocycles. The van der Waals surface area contributed by atoms with Crippen molar-refractivity contribution < 1.29 is 32.9 Å². The number of hydrogen-bond acceptors (Lipinski definition) is 10. The molecular weight excluding hydrogens is 577 g/mol. The lowest BCUT2D eigenvalue weighted by Crippen LogP contribution is -2.38. The van der Waals surface area contributed by atoms with E-state index in [0.717, 1.165) is 38.6 Å². The molecule has 13 heteroatoms. The minimum atomic E-state index is -2.18. The molecule has 44 heavy (non-hydrogen) atoms. The predicted octanol–water partition coefficient (Wildman–Crippen LogP) is 4.50. The Hall–Kier alpha value is -3.81. The number of hydrogen-bond donors (Lipinski definition) is 2. The van der Waals surface area contributed by atoms with Gasteiger partial charge >= 0.3 is 12.5 Å². The van der Waals surface area contributed by atoms with Gasteiger partial charge in [-0.1, -0.05) is 12.8 Å². The van der Waals surface area contributed by atoms with Crippen molar-refractivity contribution in [1.82, 2.24) is 24.8 Å². The Bertz CT molecular complexity index is 1680. The molecule has 10 nitrogen and oxygen atoms in total. The topological polar surface area (TPSA) is 117 Å². The number of ether oxygens (including phenoxy) is 2. The number of fused-ring (bicyclic) bond motifs is 4. The average molecular weight is 611 g/mol. The normalized spacial score (nSPS) is 23.0. The lowest BCUT2D eigenvalue weighted by atomic mass is 10.0. The summed E-state index contributed by atoms with van der Waals surface area (Å²) in [4.78, 5) is 21.5. The second kappa shape index (κ2) is 11.9. The SMILES string of the molecule is FC1CC2CCCN2C1.OC(O)Oc1nc2c3c(nc(-c4cncc5ccc(F)cc45)c(F)c3n1)OCC1CCCCCN21. The van der Waals surface area contributed by atoms with Crippen molar-refractivity contribution in [2.45, 2.75) is 69.7 Å². The third-order valence-electron chi connectivity index (χ3n) is 8.92. The zero-order valence-electron chi connectivity index (χ0n) is 24.0. The summed E-state index contributed by atoms with van der Waals surface area (Å²) in [5.41, 5.74) is 0.00207. The van der Waals surface area contributed by atoms with Gasteiger partial charge in [0.2, 0.25) is 5.88 Å². The average Bonchev–Trinajstić information content (AvgIpc) is 3.43. The van der Waals surface area contributed by atoms with Gasteiger partial charge in [-0.3, -0.25) is 9.88 Å². The van der Waals surface area contributed by atoms with E-state index < -0.39 is 30.3 Å². The van der Waals surface area contributed by atoms with Gasteiger partial charge in [-0.25, -0.2) is 18.2 Å². The zero-order chi connectivity index (χ0) is 30.4. The smallest absolute Gasteiger partial charge is 0.323 e. The van der Waals surface area contributed by atoms with Crippen LogP contribution in [0.5, 0.6) is 11.9 Å². The van der Waals surface area contributed by atoms with Crippen LogP contribution in [0.25, 0.3) is 32.9 Å². The summed E-state index contributed by atoms with van der Waals surface area (Å²) < 4.78 is 53.8. The lowest BCUT2D eigenvalue weighted by molar-refractivity contribution is -0.183. The van der Waals surface area contributed by atoms with Crippen LogP contribution < -0.4 is 14.4 Å². The van der Waals surface area contributed by atoms with Crippen LogP contribution in [-0.4, -0.2) is 86.0 Å². The maximum atomic E-state index is 16.1. The molecule has 3 atom stereocenters. The standard InChI is InChI=1S/C24H21F2N5O4.C7H12FN/c25-13-6-5-12-9-27-10-16(15(12)8-13)19-18(26)20-17-21(30-23(29-20)35-24(32)33)31-7-3-1-2-4-14(31)11-34-22(17)28-19;8-6-4-7-2-1-3-9(7)5-6/h5-6,8-10,14,24,32-33H,1-4,7,11H2;6-7H,1-5H2. The molecule has 1 aromatic carbocycles. The van der Waals surface area contributed by atoms with E-state index in [1.165, 1.54) is 31.2 Å². The molecule has 8 rings (SSSR count). The summed E-state index contributed by atoms with van der Waals surface area (Å²) in [5, 5.41) is 20.0. The largest absolute Gasteiger partial charge is 0.475 e. The molecule has 3 saturated heterocycles. The van der Waals surface area contributed by atoms with Crippen LogP contribution in [0.15, 0.2) is 30.6 Å². The van der Waals surface area contributed by atoms with Crippen molar-refractivity contribution in [2.75, 3.05) is 31.1 Å². The second-order valence-corrected chi connectivity index (χ2v) is 11.8. The highest BCUT2D eigenvalue weighted by Crippen LogP contribution is 2.42. The Morgan fingerprint density at radius 2 is 1.84 bits per heavy atom. The van der Waals surface area contributed by atoms with E-state index >= 15 is 4.39 Å². The van der Waals surface area contributed by atoms with Crippen LogP contribution in [-0.2, 0) is 0 Å². The fraction of sp³-hybridized carbons (Fsp3) is 0.484. The molecule has 0 bridgehead atoms. The third kappa shape index (κ3) is 5.48. The lowest BCUT2D eigenvalue weighted by Gasteiger charge is -2.29. The maximum absolute atomic E-state index is 16.1. The van der Waals surface area contributed by atoms with E-state index in [2.05, 4.69) is 24.8 Å². The summed E-state index contributed by atoms with van der Waals surface area (Å²) in [7, 11) is 0. The van der Waals surface area contributed by atoms with Crippen molar-refractivity contribution in [1.29, 1.82) is 0 Å². The number of rotatable bonds is 3. The fourth-order valence-corrected chi connectivity index (χ4v) is 6.90. The molecule has 232 valence electrons. The monoisotopic (exact) mass is 610 g/mol. The molecule has 4 aromatic rings. The summed E-state index contributed by atoms with van der Waals surface area (Å²) >= 11 is 0. The minimum absolute atomic E-state index is 0.0310. The van der Waals surface area contributed by atoms with Crippen molar-refractivity contribution in [2.24, 2.45) is 0 Å². The van der Waals surface area contributed by atoms with Crippen molar-refractivity contribution in [3.05, 3.63) is 42.2 Å². The fourth-order valence-electron chi connectivity index (χ4n) is 6.90. The second-order valence-electron chi connectivity index (χ2n) is 11.8. The first-order valence-electron chi connectivity index (χ1n) is 15.1. The van der Waals surface area contributed by atoms with E-state index in [0.29, 0.717) is 42.3 Å². The number of aliphatic hydroxyl groups is 2. The van der Waals surface area contributed by atoms with Crippen LogP contribution in [0.3, 0.4) is 0 Å². The van der Waals surface area contributed by atoms with Crippen LogP contribution >= 0.6 is 0 Å². The first-order chi connectivity index (χ1) is 21.4. The number of halogens is 3. The Kier molecular flexibility index (Phi) is 7.85. The molecule has 4 aliphatic heterocycles. The molecule has 0 radical (unpaired) electrons. The van der Waals surface area contributed by atoms with Gasteiger partial charge < -0.3 is 24.6 Å². The van der Waals surface area contributed by atoms with Crippen LogP contribution in [0, 0.1) is 11.6 Å². The third-order valence-corrected chi connectivity index (χ3v) is 8.92. The van der Waals surface area contributed by atoms with Crippen LogP contribution in [0.4, 0.5) is 19.0 Å². The number of alkyl halides is 1. The van der Waals surface area contributed by atoms with E-state index in [4.69, 9.17) is 9.47 Å². The van der Waals surface area contributed by atoms with Gasteiger partial charge in [0.05, 0.1) is 6.04 Å². The number of aromatic nitrogens is 4. The zero-order valence-corrected chi connectivity index (χ0v) is 24.0. The predicted molar refractivity (Wildman–Crippen MR) is 156 cm³/mol. The summed E-state index contributed by atoms with van der Waals surface area (Å²) in [5.74, 6) is -0.778. The van der Waals surface area contributed by atoms with Crippen molar-refractivity contribution in [3.63, 3.8) is 0 Å². The van der Waals surface area contributed by atoms with E-state index in [1.807, 2.05) is 4.90 Å². The highest BCUT2D eigenvalue weighted by atomic mass is 19.1. The quantitative estimate of drug-likeness (QED) is 0.321. The molecule has 3 fully saturated rings. The molecule has 3 aromatic heterocycles. The van der Waals surface area contributed by atoms with E-state index in [1.54, 1.807) is 12.3 Å². The molecule has 0 amide bonds. The molecule has 3 unspecified atom stereocenters. The molecule has 0 spiro atoms. The maximum Gasteiger partial charge on any atom is 0.323 e. The molecule has 2 N–H and O–H groups in total. The van der Waals surface area contributed by atoms with Gasteiger partial charge in [0.25, 0.3) is 0 Å². The number of nitrogens with zero attached hydrogens (tertiary/aromatic N) is 6. The molecule has 4 aliphatic rings. The number of anilines is 1. The highest BCUT2D eigenvalue weighted by Gasteiger charge is 2.35. The molecule has 0 aliphatic carbocycles. The number of aliphatic hydroxyl groups excluding tert-OH is 1. The molecular formula is C31H33F3N6O4. The number of benzene rings is 1. The van der Waals surface area contributed by atoms with Gasteiger partial charge in [0, 0.05) is 42.5 Å². The van der Waals surface area contributed by atoms with Crippen LogP contribution in [0.2, 0.25) is 0 Å². The van der Waals surface area contributed by atoms with Gasteiger partial charge in [-0.15, -0.1) is 0 Å². The summed E-state index contributed by atoms with van der Waals surface area (Å²) in [6.07, 6.45) is 9.59. The Labute approximate surface area is 251 Å². The van der Waals surface area contributed by atoms with Gasteiger partial charge in [0.1, 0.15) is 41.0 Å². The summed E-state index contributed by atoms with van der Waals surface area (Å²) in [6, 6.07) is 4.34. The highest BCUT2D eigenvalue weighted by molar-refractivity contribution is 6.00. The molecule has 7 heterocycles. The Morgan fingerprint density at radius 1 is 0.977 bits per heavy atom. The van der Waals surface area contributed by atoms with Gasteiger partial charge in [-0.05, 0) is 62.2 Å².